The van der Waals surface area contributed by atoms with Gasteiger partial charge in [-0.15, -0.1) is 0 Å². The lowest BCUT2D eigenvalue weighted by molar-refractivity contribution is -0.151. The molecule has 0 bridgehead atoms. The van der Waals surface area contributed by atoms with Crippen LogP contribution in [0.4, 0.5) is 0 Å². The molecule has 0 aromatic rings. The largest absolute Gasteiger partial charge is 0.396 e. The van der Waals surface area contributed by atoms with E-state index in [1.165, 1.54) is 0 Å². The maximum Gasteiger partial charge on any atom is 0.249 e. The van der Waals surface area contributed by atoms with E-state index in [9.17, 15) is 14.4 Å². The van der Waals surface area contributed by atoms with E-state index in [2.05, 4.69) is 0 Å². The van der Waals surface area contributed by atoms with Gasteiger partial charge in [0.25, 0.3) is 0 Å². The number of rotatable bonds is 6. The van der Waals surface area contributed by atoms with Gasteiger partial charge in [0.05, 0.1) is 17.9 Å². The van der Waals surface area contributed by atoms with Gasteiger partial charge in [0.1, 0.15) is 11.6 Å². The minimum absolute atomic E-state index is 0.110. The maximum atomic E-state index is 14.0. The van der Waals surface area contributed by atoms with Crippen LogP contribution in [0.5, 0.6) is 0 Å². The van der Waals surface area contributed by atoms with Crippen LogP contribution >= 0.6 is 0 Å². The number of unbranched alkanes of at least 4 members (excludes halogenated alkanes) is 3. The monoisotopic (exact) mass is 459 g/mol. The van der Waals surface area contributed by atoms with Crippen molar-refractivity contribution in [3.05, 3.63) is 24.3 Å². The van der Waals surface area contributed by atoms with Crippen molar-refractivity contribution in [1.29, 1.82) is 0 Å². The topological polar surface area (TPSA) is 90.4 Å². The van der Waals surface area contributed by atoms with E-state index in [1.54, 1.807) is 21.7 Å². The third-order valence-electron chi connectivity index (χ3n) is 7.48. The van der Waals surface area contributed by atoms with Gasteiger partial charge in [-0.1, -0.05) is 37.1 Å². The lowest BCUT2D eigenvalue weighted by Gasteiger charge is -2.40. The molecule has 0 saturated carbocycles. The van der Waals surface area contributed by atoms with E-state index >= 15 is 0 Å². The number of fused-ring (bicyclic) bond motifs is 2. The van der Waals surface area contributed by atoms with E-state index in [0.717, 1.165) is 25.7 Å². The molecule has 182 valence electrons. The lowest BCUT2D eigenvalue weighted by atomic mass is 9.77. The SMILES string of the molecule is CN1CC=C[C@@H]2O[C@]34C=CCN(C(C)(C)C)C(=O)C3N(CCCCCCO)C(=O)[C@@H]4[C@@H]2C1=O. The fourth-order valence-corrected chi connectivity index (χ4v) is 5.85. The molecule has 4 aliphatic rings. The highest BCUT2D eigenvalue weighted by molar-refractivity contribution is 5.99. The molecule has 8 heteroatoms. The van der Waals surface area contributed by atoms with E-state index < -0.39 is 35.1 Å². The zero-order chi connectivity index (χ0) is 24.0. The first kappa shape index (κ1) is 24.0. The minimum Gasteiger partial charge on any atom is -0.396 e. The van der Waals surface area contributed by atoms with Crippen molar-refractivity contribution in [3.8, 4) is 0 Å². The van der Waals surface area contributed by atoms with Gasteiger partial charge < -0.3 is 24.5 Å². The second-order valence-electron chi connectivity index (χ2n) is 10.7. The Labute approximate surface area is 196 Å². The third kappa shape index (κ3) is 3.91. The molecule has 1 spiro atoms. The van der Waals surface area contributed by atoms with Gasteiger partial charge in [-0.25, -0.2) is 0 Å². The summed E-state index contributed by atoms with van der Waals surface area (Å²) < 4.78 is 6.57. The Bertz CT molecular complexity index is 863. The lowest BCUT2D eigenvalue weighted by Crippen LogP contribution is -2.58. The van der Waals surface area contributed by atoms with E-state index in [4.69, 9.17) is 9.84 Å². The van der Waals surface area contributed by atoms with Crippen LogP contribution in [0.3, 0.4) is 0 Å². The zero-order valence-electron chi connectivity index (χ0n) is 20.2. The number of likely N-dealkylation sites (tertiary alicyclic amines) is 1. The van der Waals surface area contributed by atoms with Gasteiger partial charge in [-0.05, 0) is 33.6 Å². The second-order valence-corrected chi connectivity index (χ2v) is 10.7. The van der Waals surface area contributed by atoms with Gasteiger partial charge in [0, 0.05) is 38.8 Å². The van der Waals surface area contributed by atoms with Gasteiger partial charge in [0.15, 0.2) is 0 Å². The molecule has 0 aromatic carbocycles. The van der Waals surface area contributed by atoms with Gasteiger partial charge in [-0.3, -0.25) is 14.4 Å². The summed E-state index contributed by atoms with van der Waals surface area (Å²) in [5.74, 6) is -1.76. The summed E-state index contributed by atoms with van der Waals surface area (Å²) in [5, 5.41) is 9.05. The van der Waals surface area contributed by atoms with Crippen LogP contribution in [0, 0.1) is 11.8 Å². The van der Waals surface area contributed by atoms with Crippen molar-refractivity contribution < 1.29 is 24.2 Å². The number of likely N-dealkylation sites (N-methyl/N-ethyl adjacent to an activating group) is 1. The Hall–Kier alpha value is -2.19. The molecule has 33 heavy (non-hydrogen) atoms. The first-order valence-corrected chi connectivity index (χ1v) is 12.1. The smallest absolute Gasteiger partial charge is 0.249 e. The highest BCUT2D eigenvalue weighted by Gasteiger charge is 2.71. The number of ether oxygens (including phenoxy) is 1. The van der Waals surface area contributed by atoms with Gasteiger partial charge in [0.2, 0.25) is 17.7 Å². The summed E-state index contributed by atoms with van der Waals surface area (Å²) in [7, 11) is 1.74. The van der Waals surface area contributed by atoms with Crippen molar-refractivity contribution in [2.24, 2.45) is 11.8 Å². The second kappa shape index (κ2) is 8.87. The molecule has 3 amide bonds. The van der Waals surface area contributed by atoms with Crippen LogP contribution in [0.15, 0.2) is 24.3 Å². The molecule has 4 heterocycles. The summed E-state index contributed by atoms with van der Waals surface area (Å²) in [6.07, 6.45) is 10.3. The Kier molecular flexibility index (Phi) is 6.44. The number of hydrogen-bond acceptors (Lipinski definition) is 5. The Morgan fingerprint density at radius 2 is 1.76 bits per heavy atom. The average molecular weight is 460 g/mol. The fraction of sp³-hybridized carbons (Fsp3) is 0.720. The predicted octanol–water partition coefficient (Wildman–Crippen LogP) is 1.34. The summed E-state index contributed by atoms with van der Waals surface area (Å²) in [4.78, 5) is 46.3. The molecule has 4 rings (SSSR count). The Morgan fingerprint density at radius 1 is 1.03 bits per heavy atom. The number of carbonyl (C=O) groups excluding carboxylic acids is 3. The van der Waals surface area contributed by atoms with Crippen LogP contribution in [0.25, 0.3) is 0 Å². The van der Waals surface area contributed by atoms with Crippen LogP contribution in [0.2, 0.25) is 0 Å². The number of aliphatic hydroxyl groups is 1. The Morgan fingerprint density at radius 3 is 2.45 bits per heavy atom. The number of carbonyl (C=O) groups is 3. The fourth-order valence-electron chi connectivity index (χ4n) is 5.85. The normalized spacial score (nSPS) is 33.8. The van der Waals surface area contributed by atoms with Crippen LogP contribution in [0.1, 0.15) is 46.5 Å². The molecular formula is C25H37N3O5. The Balaban J connectivity index is 1.73. The predicted molar refractivity (Wildman–Crippen MR) is 123 cm³/mol. The molecule has 5 atom stereocenters. The van der Waals surface area contributed by atoms with Crippen molar-refractivity contribution in [1.82, 2.24) is 14.7 Å². The molecule has 1 N–H and O–H groups in total. The molecule has 2 fully saturated rings. The van der Waals surface area contributed by atoms with Crippen molar-refractivity contribution >= 4 is 17.7 Å². The van der Waals surface area contributed by atoms with Gasteiger partial charge in [-0.2, -0.15) is 0 Å². The quantitative estimate of drug-likeness (QED) is 0.478. The number of nitrogens with zero attached hydrogens (tertiary/aromatic N) is 3. The van der Waals surface area contributed by atoms with Crippen molar-refractivity contribution in [2.45, 2.75) is 69.7 Å². The number of amides is 3. The van der Waals surface area contributed by atoms with Crippen LogP contribution < -0.4 is 0 Å². The molecule has 4 aliphatic heterocycles. The average Bonchev–Trinajstić information content (AvgIpc) is 3.06. The highest BCUT2D eigenvalue weighted by Crippen LogP contribution is 2.53. The molecule has 0 radical (unpaired) electrons. The van der Waals surface area contributed by atoms with E-state index in [-0.39, 0.29) is 24.3 Å². The highest BCUT2D eigenvalue weighted by atomic mass is 16.5. The molecule has 1 unspecified atom stereocenters. The van der Waals surface area contributed by atoms with E-state index in [0.29, 0.717) is 19.6 Å². The summed E-state index contributed by atoms with van der Waals surface area (Å²) in [6, 6.07) is -0.788. The van der Waals surface area contributed by atoms with Crippen molar-refractivity contribution in [3.63, 3.8) is 0 Å². The van der Waals surface area contributed by atoms with E-state index in [1.807, 2.05) is 45.1 Å². The third-order valence-corrected chi connectivity index (χ3v) is 7.48. The molecule has 8 nitrogen and oxygen atoms in total. The number of hydrogen-bond donors (Lipinski definition) is 1. The standard InChI is InChI=1S/C25H37N3O5/c1-24(2,3)28-15-10-12-25-19(18-17(33-25)11-9-13-26(4)21(18)30)22(31)27(20(25)23(28)32)14-7-5-6-8-16-29/h9-12,17-20,29H,5-8,13-16H2,1-4H3/t17-,18+,19-,20?,25-/m0/s1. The first-order chi connectivity index (χ1) is 15.6. The molecular weight excluding hydrogens is 422 g/mol. The summed E-state index contributed by atoms with van der Waals surface area (Å²) in [5.41, 5.74) is -1.56. The molecule has 0 aromatic heterocycles. The summed E-state index contributed by atoms with van der Waals surface area (Å²) >= 11 is 0. The van der Waals surface area contributed by atoms with Crippen LogP contribution in [-0.4, -0.2) is 94.1 Å². The van der Waals surface area contributed by atoms with Gasteiger partial charge >= 0.3 is 0 Å². The maximum absolute atomic E-state index is 14.0. The minimum atomic E-state index is -1.15. The van der Waals surface area contributed by atoms with Crippen molar-refractivity contribution in [2.75, 3.05) is 33.3 Å². The molecule has 0 aliphatic carbocycles. The molecule has 2 saturated heterocycles. The zero-order valence-corrected chi connectivity index (χ0v) is 20.2. The van der Waals surface area contributed by atoms with Crippen LogP contribution in [-0.2, 0) is 19.1 Å². The summed E-state index contributed by atoms with van der Waals surface area (Å²) in [6.45, 7) is 7.48. The first-order valence-electron chi connectivity index (χ1n) is 12.1. The number of aliphatic hydroxyl groups excluding tert-OH is 1.